The zero-order valence-electron chi connectivity index (χ0n) is 8.80. The van der Waals surface area contributed by atoms with Gasteiger partial charge in [-0.1, -0.05) is 0 Å². The quantitative estimate of drug-likeness (QED) is 0.848. The highest BCUT2D eigenvalue weighted by molar-refractivity contribution is 5.38. The Morgan fingerprint density at radius 3 is 2.50 bits per heavy atom. The van der Waals surface area contributed by atoms with Crippen molar-refractivity contribution >= 4 is 0 Å². The second kappa shape index (κ2) is 3.45. The molecule has 0 saturated heterocycles. The van der Waals surface area contributed by atoms with Crippen LogP contribution in [0.25, 0.3) is 0 Å². The molecular weight excluding hydrogens is 219 g/mol. The molecule has 0 atom stereocenters. The minimum absolute atomic E-state index is 0.00231. The Morgan fingerprint density at radius 1 is 1.44 bits per heavy atom. The second-order valence-electron chi connectivity index (χ2n) is 4.19. The summed E-state index contributed by atoms with van der Waals surface area (Å²) in [5.41, 5.74) is -0.834. The number of hydrogen-bond donors (Lipinski definition) is 1. The average Bonchev–Trinajstić information content (AvgIpc) is 2.96. The van der Waals surface area contributed by atoms with E-state index in [4.69, 9.17) is 5.11 Å². The topological polar surface area (TPSA) is 33.1 Å². The third-order valence-electron chi connectivity index (χ3n) is 3.19. The summed E-state index contributed by atoms with van der Waals surface area (Å²) in [6.45, 7) is 1.29. The highest BCUT2D eigenvalue weighted by atomic mass is 19.4. The van der Waals surface area contributed by atoms with E-state index in [9.17, 15) is 13.2 Å². The molecule has 1 aliphatic rings. The number of aromatic nitrogens is 1. The summed E-state index contributed by atoms with van der Waals surface area (Å²) in [6, 6.07) is 1.61. The molecule has 0 aromatic carbocycles. The van der Waals surface area contributed by atoms with Crippen LogP contribution in [0.1, 0.15) is 29.7 Å². The summed E-state index contributed by atoms with van der Waals surface area (Å²) >= 11 is 0. The normalized spacial score (nSPS) is 18.6. The molecule has 0 bridgehead atoms. The van der Waals surface area contributed by atoms with Crippen LogP contribution in [0.15, 0.2) is 12.3 Å². The Hall–Kier alpha value is -1.10. The lowest BCUT2D eigenvalue weighted by molar-refractivity contribution is -0.161. The van der Waals surface area contributed by atoms with Crippen molar-refractivity contribution < 1.29 is 18.3 Å². The molecule has 0 radical (unpaired) electrons. The fourth-order valence-electron chi connectivity index (χ4n) is 1.98. The van der Waals surface area contributed by atoms with Gasteiger partial charge < -0.3 is 5.11 Å². The molecule has 16 heavy (non-hydrogen) atoms. The summed E-state index contributed by atoms with van der Waals surface area (Å²) in [5, 5.41) is 9.15. The van der Waals surface area contributed by atoms with Gasteiger partial charge in [-0.15, -0.1) is 0 Å². The van der Waals surface area contributed by atoms with Gasteiger partial charge in [-0.05, 0) is 31.4 Å². The first kappa shape index (κ1) is 11.4. The molecule has 0 aliphatic heterocycles. The third kappa shape index (κ3) is 1.50. The van der Waals surface area contributed by atoms with E-state index in [0.717, 1.165) is 0 Å². The van der Waals surface area contributed by atoms with Crippen molar-refractivity contribution in [1.82, 2.24) is 4.98 Å². The van der Waals surface area contributed by atoms with Crippen LogP contribution in [0.2, 0.25) is 0 Å². The van der Waals surface area contributed by atoms with Crippen molar-refractivity contribution in [3.05, 3.63) is 29.1 Å². The smallest absolute Gasteiger partial charge is 0.392 e. The van der Waals surface area contributed by atoms with Gasteiger partial charge in [0.2, 0.25) is 0 Å². The van der Waals surface area contributed by atoms with Crippen molar-refractivity contribution in [1.29, 1.82) is 0 Å². The zero-order valence-corrected chi connectivity index (χ0v) is 8.80. The van der Waals surface area contributed by atoms with E-state index in [1.54, 1.807) is 13.0 Å². The van der Waals surface area contributed by atoms with Crippen molar-refractivity contribution in [3.8, 4) is 0 Å². The fourth-order valence-corrected chi connectivity index (χ4v) is 1.98. The molecule has 1 aromatic rings. The van der Waals surface area contributed by atoms with Gasteiger partial charge in [0.25, 0.3) is 0 Å². The molecule has 1 aromatic heterocycles. The molecule has 88 valence electrons. The van der Waals surface area contributed by atoms with Crippen molar-refractivity contribution in [2.75, 3.05) is 0 Å². The van der Waals surface area contributed by atoms with Gasteiger partial charge in [0.15, 0.2) is 0 Å². The average molecular weight is 231 g/mol. The van der Waals surface area contributed by atoms with Gasteiger partial charge >= 0.3 is 6.18 Å². The molecule has 0 spiro atoms. The van der Waals surface area contributed by atoms with Crippen molar-refractivity contribution in [2.24, 2.45) is 0 Å². The number of rotatable bonds is 2. The minimum Gasteiger partial charge on any atom is -0.392 e. The summed E-state index contributed by atoms with van der Waals surface area (Å²) < 4.78 is 38.7. The predicted octanol–water partition coefficient (Wildman–Crippen LogP) is 2.48. The number of alkyl halides is 3. The van der Waals surface area contributed by atoms with Gasteiger partial charge in [0.05, 0.1) is 12.3 Å². The minimum atomic E-state index is -4.28. The number of nitrogens with zero attached hydrogens (tertiary/aromatic N) is 1. The molecule has 1 saturated carbocycles. The first-order valence-electron chi connectivity index (χ1n) is 5.05. The monoisotopic (exact) mass is 231 g/mol. The summed E-state index contributed by atoms with van der Waals surface area (Å²) in [4.78, 5) is 3.83. The SMILES string of the molecule is Cc1ccnc(C2(C(F)(F)F)CC2)c1CO. The van der Waals surface area contributed by atoms with Crippen molar-refractivity contribution in [3.63, 3.8) is 0 Å². The molecule has 1 aliphatic carbocycles. The Bertz CT molecular complexity index is 410. The van der Waals surface area contributed by atoms with E-state index in [2.05, 4.69) is 4.98 Å². The number of hydrogen-bond acceptors (Lipinski definition) is 2. The first-order chi connectivity index (χ1) is 7.42. The Labute approximate surface area is 91.1 Å². The zero-order chi connectivity index (χ0) is 12.0. The van der Waals surface area contributed by atoms with E-state index >= 15 is 0 Å². The van der Waals surface area contributed by atoms with Crippen LogP contribution in [-0.4, -0.2) is 16.3 Å². The molecule has 0 amide bonds. The second-order valence-corrected chi connectivity index (χ2v) is 4.19. The van der Waals surface area contributed by atoms with Gasteiger partial charge in [0, 0.05) is 11.8 Å². The van der Waals surface area contributed by atoms with Gasteiger partial charge in [-0.3, -0.25) is 4.98 Å². The number of aliphatic hydroxyl groups excluding tert-OH is 1. The molecule has 5 heteroatoms. The van der Waals surface area contributed by atoms with Crippen LogP contribution in [0.3, 0.4) is 0 Å². The van der Waals surface area contributed by atoms with E-state index in [-0.39, 0.29) is 18.5 Å². The molecular formula is C11H12F3NO. The van der Waals surface area contributed by atoms with E-state index in [0.29, 0.717) is 11.1 Å². The van der Waals surface area contributed by atoms with Gasteiger partial charge in [-0.25, -0.2) is 0 Å². The van der Waals surface area contributed by atoms with Crippen LogP contribution in [0.5, 0.6) is 0 Å². The Morgan fingerprint density at radius 2 is 2.06 bits per heavy atom. The lowest BCUT2D eigenvalue weighted by atomic mass is 9.94. The summed E-state index contributed by atoms with van der Waals surface area (Å²) in [5.74, 6) is 0. The standard InChI is InChI=1S/C11H12F3NO/c1-7-2-5-15-9(8(7)6-16)10(3-4-10)11(12,13)14/h2,5,16H,3-4,6H2,1H3. The number of aliphatic hydroxyl groups is 1. The van der Waals surface area contributed by atoms with Crippen LogP contribution in [-0.2, 0) is 12.0 Å². The number of pyridine rings is 1. The first-order valence-corrected chi connectivity index (χ1v) is 5.05. The molecule has 1 heterocycles. The summed E-state index contributed by atoms with van der Waals surface area (Å²) in [7, 11) is 0. The molecule has 2 nitrogen and oxygen atoms in total. The summed E-state index contributed by atoms with van der Waals surface area (Å²) in [6.07, 6.45) is -2.77. The maximum atomic E-state index is 12.9. The van der Waals surface area contributed by atoms with Crippen LogP contribution < -0.4 is 0 Å². The molecule has 2 rings (SSSR count). The van der Waals surface area contributed by atoms with E-state index < -0.39 is 18.2 Å². The third-order valence-corrected chi connectivity index (χ3v) is 3.19. The maximum Gasteiger partial charge on any atom is 0.399 e. The number of halogens is 3. The van der Waals surface area contributed by atoms with Crippen LogP contribution >= 0.6 is 0 Å². The van der Waals surface area contributed by atoms with Crippen LogP contribution in [0.4, 0.5) is 13.2 Å². The van der Waals surface area contributed by atoms with Crippen LogP contribution in [0, 0.1) is 6.92 Å². The van der Waals surface area contributed by atoms with Crippen molar-refractivity contribution in [2.45, 2.75) is 38.0 Å². The lowest BCUT2D eigenvalue weighted by Gasteiger charge is -2.21. The van der Waals surface area contributed by atoms with Gasteiger partial charge in [-0.2, -0.15) is 13.2 Å². The van der Waals surface area contributed by atoms with E-state index in [1.807, 2.05) is 0 Å². The maximum absolute atomic E-state index is 12.9. The number of aryl methyl sites for hydroxylation is 1. The molecule has 0 unspecified atom stereocenters. The predicted molar refractivity (Wildman–Crippen MR) is 51.9 cm³/mol. The molecule has 1 N–H and O–H groups in total. The van der Waals surface area contributed by atoms with E-state index in [1.165, 1.54) is 6.20 Å². The van der Waals surface area contributed by atoms with Gasteiger partial charge in [0.1, 0.15) is 5.41 Å². The Kier molecular flexibility index (Phi) is 2.45. The molecule has 1 fully saturated rings. The highest BCUT2D eigenvalue weighted by Crippen LogP contribution is 2.59. The fraction of sp³-hybridized carbons (Fsp3) is 0.545. The highest BCUT2D eigenvalue weighted by Gasteiger charge is 2.65. The Balaban J connectivity index is 2.53. The largest absolute Gasteiger partial charge is 0.399 e. The lowest BCUT2D eigenvalue weighted by Crippen LogP contribution is -2.31.